The molecule has 2 fully saturated rings. The van der Waals surface area contributed by atoms with E-state index in [1.807, 2.05) is 0 Å². The van der Waals surface area contributed by atoms with Crippen LogP contribution in [0.2, 0.25) is 0 Å². The fraction of sp³-hybridized carbons (Fsp3) is 0.963. The van der Waals surface area contributed by atoms with Crippen LogP contribution in [0.1, 0.15) is 220 Å². The third-order valence-electron chi connectivity index (χ3n) is 14.4. The van der Waals surface area contributed by atoms with Gasteiger partial charge in [0, 0.05) is 6.92 Å². The average molecular weight is 1020 g/mol. The Kier molecular flexibility index (Phi) is 36.7. The highest BCUT2D eigenvalue weighted by molar-refractivity contribution is 5.80. The first-order valence-electron chi connectivity index (χ1n) is 28.3. The summed E-state index contributed by atoms with van der Waals surface area (Å²) >= 11 is 0. The standard InChI is InChI=1S/C54H104N2O15/c1-5-6-7-8-9-10-11-12-13-14-15-16-17-22-25-28-31-34-42(61)52(67)56-40(46(62)41(60)33-30-27-24-21-19-18-20-23-26-29-32-38(2)3)37-68-54-50(66)49(65)51(44(36-58)70-54)71-53-45(55-39(4)59)48(64)47(63)43(35-57)69-53/h38,40-51,53-54,57-58,60-66H,5-37H2,1-4H3,(H,55,59)(H,56,67)/t40-,41+,42+,43+,44+,45+,46-,47+,48+,49+,50+,51-,53+,54-/m0/s1. The predicted octanol–water partition coefficient (Wildman–Crippen LogP) is 5.72. The minimum Gasteiger partial charge on any atom is -0.394 e. The number of carbonyl (C=O) groups excluding carboxylic acids is 2. The summed E-state index contributed by atoms with van der Waals surface area (Å²) in [5.74, 6) is -0.627. The van der Waals surface area contributed by atoms with Gasteiger partial charge >= 0.3 is 0 Å². The van der Waals surface area contributed by atoms with Crippen LogP contribution in [0, 0.1) is 5.92 Å². The number of amides is 2. The summed E-state index contributed by atoms with van der Waals surface area (Å²) in [5.41, 5.74) is 0. The lowest BCUT2D eigenvalue weighted by molar-refractivity contribution is -0.347. The summed E-state index contributed by atoms with van der Waals surface area (Å²) in [6.07, 6.45) is 14.6. The molecule has 11 N–H and O–H groups in total. The van der Waals surface area contributed by atoms with Crippen LogP contribution >= 0.6 is 0 Å². The van der Waals surface area contributed by atoms with Gasteiger partial charge in [0.2, 0.25) is 11.8 Å². The Hall–Kier alpha value is -1.58. The van der Waals surface area contributed by atoms with Crippen LogP contribution in [0.4, 0.5) is 0 Å². The molecule has 17 nitrogen and oxygen atoms in total. The lowest BCUT2D eigenvalue weighted by Crippen LogP contribution is -2.67. The highest BCUT2D eigenvalue weighted by Gasteiger charge is 2.51. The van der Waals surface area contributed by atoms with Crippen molar-refractivity contribution >= 4 is 11.8 Å². The highest BCUT2D eigenvalue weighted by Crippen LogP contribution is 2.30. The van der Waals surface area contributed by atoms with E-state index in [1.165, 1.54) is 122 Å². The second kappa shape index (κ2) is 39.8. The zero-order valence-corrected chi connectivity index (χ0v) is 44.5. The summed E-state index contributed by atoms with van der Waals surface area (Å²) < 4.78 is 23.1. The molecule has 0 spiro atoms. The number of hydrogen-bond acceptors (Lipinski definition) is 15. The number of aliphatic hydroxyl groups is 9. The third kappa shape index (κ3) is 27.2. The van der Waals surface area contributed by atoms with E-state index in [0.717, 1.165) is 57.8 Å². The van der Waals surface area contributed by atoms with E-state index in [0.29, 0.717) is 12.8 Å². The smallest absolute Gasteiger partial charge is 0.249 e. The molecule has 0 aromatic heterocycles. The Labute approximate surface area is 427 Å². The molecule has 0 unspecified atom stereocenters. The van der Waals surface area contributed by atoms with Crippen molar-refractivity contribution < 1.29 is 74.5 Å². The molecule has 14 atom stereocenters. The molecule has 420 valence electrons. The Bertz CT molecular complexity index is 1320. The number of nitrogens with one attached hydrogen (secondary N) is 2. The molecule has 0 saturated carbocycles. The zero-order valence-electron chi connectivity index (χ0n) is 44.5. The molecular weight excluding hydrogens is 917 g/mol. The molecule has 2 amide bonds. The molecule has 17 heteroatoms. The van der Waals surface area contributed by atoms with Crippen molar-refractivity contribution in [1.82, 2.24) is 10.6 Å². The van der Waals surface area contributed by atoms with Crippen molar-refractivity contribution in [2.24, 2.45) is 5.92 Å². The van der Waals surface area contributed by atoms with Gasteiger partial charge in [-0.25, -0.2) is 0 Å². The maximum absolute atomic E-state index is 13.4. The van der Waals surface area contributed by atoms with Gasteiger partial charge in [0.1, 0.15) is 61.0 Å². The topological polar surface area (TPSA) is 277 Å². The van der Waals surface area contributed by atoms with E-state index in [4.69, 9.17) is 18.9 Å². The van der Waals surface area contributed by atoms with Gasteiger partial charge in [-0.05, 0) is 18.8 Å². The summed E-state index contributed by atoms with van der Waals surface area (Å²) in [5, 5.41) is 102. The number of hydrogen-bond donors (Lipinski definition) is 11. The lowest BCUT2D eigenvalue weighted by atomic mass is 9.95. The van der Waals surface area contributed by atoms with Crippen LogP contribution in [-0.2, 0) is 28.5 Å². The summed E-state index contributed by atoms with van der Waals surface area (Å²) in [4.78, 5) is 25.3. The SMILES string of the molecule is CCCCCCCCCCCCCCCCCCC[C@@H](O)C(=O)N[C@@H](CO[C@H]1O[C@H](CO)[C@H](O[C@H]2O[C@H](CO)[C@@H](O)[C@H](O)[C@H]2NC(C)=O)[C@H](O)[C@H]1O)[C@H](O)[C@H](O)CCCCCCCCCCCCC(C)C. The van der Waals surface area contributed by atoms with E-state index in [9.17, 15) is 55.5 Å². The largest absolute Gasteiger partial charge is 0.394 e. The Morgan fingerprint density at radius 3 is 1.44 bits per heavy atom. The highest BCUT2D eigenvalue weighted by atomic mass is 16.7. The van der Waals surface area contributed by atoms with Crippen molar-refractivity contribution in [3.63, 3.8) is 0 Å². The first-order chi connectivity index (χ1) is 34.2. The zero-order chi connectivity index (χ0) is 52.4. The Morgan fingerprint density at radius 2 is 0.986 bits per heavy atom. The molecule has 0 aliphatic carbocycles. The van der Waals surface area contributed by atoms with Gasteiger partial charge in [0.15, 0.2) is 12.6 Å². The van der Waals surface area contributed by atoms with Crippen LogP contribution in [-0.4, -0.2) is 163 Å². The summed E-state index contributed by atoms with van der Waals surface area (Å²) in [7, 11) is 0. The van der Waals surface area contributed by atoms with Crippen molar-refractivity contribution in [3.05, 3.63) is 0 Å². The van der Waals surface area contributed by atoms with E-state index in [1.54, 1.807) is 0 Å². The van der Waals surface area contributed by atoms with Gasteiger partial charge in [0.25, 0.3) is 0 Å². The van der Waals surface area contributed by atoms with E-state index < -0.39 is 117 Å². The van der Waals surface area contributed by atoms with Crippen LogP contribution in [0.3, 0.4) is 0 Å². The monoisotopic (exact) mass is 1020 g/mol. The average Bonchev–Trinajstić information content (AvgIpc) is 3.34. The van der Waals surface area contributed by atoms with Crippen LogP contribution < -0.4 is 10.6 Å². The van der Waals surface area contributed by atoms with E-state index >= 15 is 0 Å². The van der Waals surface area contributed by atoms with Gasteiger partial charge in [-0.1, -0.05) is 201 Å². The van der Waals surface area contributed by atoms with Crippen LogP contribution in [0.5, 0.6) is 0 Å². The van der Waals surface area contributed by atoms with Gasteiger partial charge in [-0.2, -0.15) is 0 Å². The van der Waals surface area contributed by atoms with Crippen LogP contribution in [0.25, 0.3) is 0 Å². The summed E-state index contributed by atoms with van der Waals surface area (Å²) in [6, 6.07) is -2.67. The second-order valence-corrected chi connectivity index (χ2v) is 21.2. The van der Waals surface area contributed by atoms with E-state index in [-0.39, 0.29) is 12.8 Å². The van der Waals surface area contributed by atoms with E-state index in [2.05, 4.69) is 31.4 Å². The van der Waals surface area contributed by atoms with Gasteiger partial charge < -0.3 is 75.5 Å². The van der Waals surface area contributed by atoms with Crippen molar-refractivity contribution in [2.75, 3.05) is 19.8 Å². The molecule has 2 aliphatic rings. The number of rotatable bonds is 43. The van der Waals surface area contributed by atoms with Crippen LogP contribution in [0.15, 0.2) is 0 Å². The molecule has 2 aliphatic heterocycles. The molecule has 0 aromatic carbocycles. The van der Waals surface area contributed by atoms with Crippen molar-refractivity contribution in [2.45, 2.75) is 306 Å². The Balaban J connectivity index is 1.93. The minimum absolute atomic E-state index is 0.202. The first kappa shape index (κ1) is 65.5. The maximum atomic E-state index is 13.4. The number of ether oxygens (including phenoxy) is 4. The molecule has 0 radical (unpaired) electrons. The summed E-state index contributed by atoms with van der Waals surface area (Å²) in [6.45, 7) is 5.87. The molecule has 2 saturated heterocycles. The van der Waals surface area contributed by atoms with Gasteiger partial charge in [-0.15, -0.1) is 0 Å². The van der Waals surface area contributed by atoms with Crippen molar-refractivity contribution in [3.8, 4) is 0 Å². The first-order valence-corrected chi connectivity index (χ1v) is 28.3. The molecule has 0 aromatic rings. The molecule has 2 rings (SSSR count). The molecule has 0 bridgehead atoms. The minimum atomic E-state index is -1.86. The quantitative estimate of drug-likeness (QED) is 0.0326. The molecule has 2 heterocycles. The predicted molar refractivity (Wildman–Crippen MR) is 273 cm³/mol. The maximum Gasteiger partial charge on any atom is 0.249 e. The second-order valence-electron chi connectivity index (χ2n) is 21.2. The third-order valence-corrected chi connectivity index (χ3v) is 14.4. The van der Waals surface area contributed by atoms with Crippen molar-refractivity contribution in [1.29, 1.82) is 0 Å². The van der Waals surface area contributed by atoms with Gasteiger partial charge in [-0.3, -0.25) is 9.59 Å². The normalized spacial score (nSPS) is 26.6. The Morgan fingerprint density at radius 1 is 0.549 bits per heavy atom. The number of carbonyl (C=O) groups is 2. The fourth-order valence-electron chi connectivity index (χ4n) is 9.76. The number of unbranched alkanes of at least 4 members (excludes halogenated alkanes) is 25. The lowest BCUT2D eigenvalue weighted by Gasteiger charge is -2.47. The number of aliphatic hydroxyl groups excluding tert-OH is 9. The fourth-order valence-corrected chi connectivity index (χ4v) is 9.76. The molecule has 71 heavy (non-hydrogen) atoms. The molecular formula is C54H104N2O15. The van der Waals surface area contributed by atoms with Gasteiger partial charge in [0.05, 0.1) is 32.0 Å².